The van der Waals surface area contributed by atoms with Crippen LogP contribution in [0.15, 0.2) is 11.5 Å². The zero-order chi connectivity index (χ0) is 13.8. The van der Waals surface area contributed by atoms with Crippen LogP contribution in [0.25, 0.3) is 0 Å². The minimum Gasteiger partial charge on any atom is -0.481 e. The fraction of sp³-hybridized carbons (Fsp3) is 0.769. The van der Waals surface area contributed by atoms with Crippen LogP contribution >= 0.6 is 11.8 Å². The predicted molar refractivity (Wildman–Crippen MR) is 74.0 cm³/mol. The smallest absolute Gasteiger partial charge is 0.307 e. The van der Waals surface area contributed by atoms with Gasteiger partial charge in [-0.2, -0.15) is 0 Å². The van der Waals surface area contributed by atoms with Crippen molar-refractivity contribution in [2.75, 3.05) is 0 Å². The molecule has 1 N–H and O–H groups in total. The Bertz CT molecular complexity index is 435. The monoisotopic (exact) mass is 283 g/mol. The van der Waals surface area contributed by atoms with Gasteiger partial charge in [0.2, 0.25) is 0 Å². The maximum atomic E-state index is 11.4. The molecule has 106 valence electrons. The molecule has 3 unspecified atom stereocenters. The molecule has 6 heteroatoms. The Kier molecular flexibility index (Phi) is 4.85. The highest BCUT2D eigenvalue weighted by molar-refractivity contribution is 7.99. The standard InChI is InChI=1S/C13H21N3O2S/c1-3-4-9-5-6-10(12(17)18)11(7-9)19-13-15-14-8-16(13)2/h8-11H,3-7H2,1-2H3,(H,17,18). The second-order valence-electron chi connectivity index (χ2n) is 5.29. The third kappa shape index (κ3) is 3.49. The molecule has 1 aromatic heterocycles. The van der Waals surface area contributed by atoms with E-state index in [9.17, 15) is 9.90 Å². The number of thioether (sulfide) groups is 1. The Morgan fingerprint density at radius 3 is 2.95 bits per heavy atom. The van der Waals surface area contributed by atoms with E-state index in [1.165, 1.54) is 12.8 Å². The van der Waals surface area contributed by atoms with E-state index in [2.05, 4.69) is 17.1 Å². The topological polar surface area (TPSA) is 68.0 Å². The van der Waals surface area contributed by atoms with E-state index >= 15 is 0 Å². The lowest BCUT2D eigenvalue weighted by molar-refractivity contribution is -0.142. The van der Waals surface area contributed by atoms with Crippen LogP contribution in [0, 0.1) is 11.8 Å². The van der Waals surface area contributed by atoms with Crippen molar-refractivity contribution in [3.8, 4) is 0 Å². The van der Waals surface area contributed by atoms with Gasteiger partial charge in [-0.3, -0.25) is 4.79 Å². The first-order chi connectivity index (χ1) is 9.11. The highest BCUT2D eigenvalue weighted by atomic mass is 32.2. The largest absolute Gasteiger partial charge is 0.481 e. The number of carboxylic acids is 1. The molecule has 1 saturated carbocycles. The molecular weight excluding hydrogens is 262 g/mol. The summed E-state index contributed by atoms with van der Waals surface area (Å²) in [6.07, 6.45) is 6.83. The quantitative estimate of drug-likeness (QED) is 0.899. The molecular formula is C13H21N3O2S. The minimum absolute atomic E-state index is 0.116. The maximum Gasteiger partial charge on any atom is 0.307 e. The fourth-order valence-corrected chi connectivity index (χ4v) is 4.17. The van der Waals surface area contributed by atoms with Crippen molar-refractivity contribution in [2.45, 2.75) is 49.4 Å². The van der Waals surface area contributed by atoms with Crippen molar-refractivity contribution >= 4 is 17.7 Å². The lowest BCUT2D eigenvalue weighted by Crippen LogP contribution is -2.33. The van der Waals surface area contributed by atoms with Crippen molar-refractivity contribution in [2.24, 2.45) is 18.9 Å². The summed E-state index contributed by atoms with van der Waals surface area (Å²) >= 11 is 1.57. The second-order valence-corrected chi connectivity index (χ2v) is 6.50. The molecule has 19 heavy (non-hydrogen) atoms. The van der Waals surface area contributed by atoms with E-state index < -0.39 is 5.97 Å². The number of rotatable bonds is 5. The van der Waals surface area contributed by atoms with E-state index in [4.69, 9.17) is 0 Å². The van der Waals surface area contributed by atoms with Crippen molar-refractivity contribution in [3.63, 3.8) is 0 Å². The van der Waals surface area contributed by atoms with Gasteiger partial charge < -0.3 is 9.67 Å². The molecule has 2 rings (SSSR count). The van der Waals surface area contributed by atoms with Gasteiger partial charge in [0, 0.05) is 12.3 Å². The Morgan fingerprint density at radius 1 is 1.58 bits per heavy atom. The molecule has 3 atom stereocenters. The average Bonchev–Trinajstić information content (AvgIpc) is 2.75. The number of carbonyl (C=O) groups is 1. The number of hydrogen-bond donors (Lipinski definition) is 1. The summed E-state index contributed by atoms with van der Waals surface area (Å²) < 4.78 is 1.85. The fourth-order valence-electron chi connectivity index (χ4n) is 2.81. The number of nitrogens with zero attached hydrogens (tertiary/aromatic N) is 3. The number of aliphatic carboxylic acids is 1. The summed E-state index contributed by atoms with van der Waals surface area (Å²) in [5.41, 5.74) is 0. The molecule has 5 nitrogen and oxygen atoms in total. The van der Waals surface area contributed by atoms with E-state index in [0.29, 0.717) is 5.92 Å². The average molecular weight is 283 g/mol. The molecule has 0 aromatic carbocycles. The first-order valence-electron chi connectivity index (χ1n) is 6.85. The Balaban J connectivity index is 2.07. The third-order valence-corrected chi connectivity index (χ3v) is 5.25. The van der Waals surface area contributed by atoms with Crippen LogP contribution < -0.4 is 0 Å². The molecule has 1 aliphatic carbocycles. The number of hydrogen-bond acceptors (Lipinski definition) is 4. The van der Waals surface area contributed by atoms with Gasteiger partial charge in [-0.05, 0) is 25.2 Å². The Labute approximate surface area is 117 Å². The zero-order valence-electron chi connectivity index (χ0n) is 11.5. The molecule has 0 spiro atoms. The van der Waals surface area contributed by atoms with Gasteiger partial charge in [-0.25, -0.2) is 0 Å². The third-order valence-electron chi connectivity index (χ3n) is 3.84. The summed E-state index contributed by atoms with van der Waals surface area (Å²) in [6, 6.07) is 0. The first-order valence-corrected chi connectivity index (χ1v) is 7.73. The van der Waals surface area contributed by atoms with Crippen molar-refractivity contribution in [1.29, 1.82) is 0 Å². The minimum atomic E-state index is -0.672. The lowest BCUT2D eigenvalue weighted by atomic mass is 9.80. The van der Waals surface area contributed by atoms with Gasteiger partial charge in [-0.1, -0.05) is 31.5 Å². The first kappa shape index (κ1) is 14.4. The van der Waals surface area contributed by atoms with Crippen LogP contribution in [0.5, 0.6) is 0 Å². The highest BCUT2D eigenvalue weighted by Crippen LogP contribution is 2.40. The zero-order valence-corrected chi connectivity index (χ0v) is 12.3. The van der Waals surface area contributed by atoms with Crippen molar-refractivity contribution in [1.82, 2.24) is 14.8 Å². The van der Waals surface area contributed by atoms with Crippen LogP contribution in [0.4, 0.5) is 0 Å². The predicted octanol–water partition coefficient (Wildman–Crippen LogP) is 2.58. The molecule has 1 aliphatic rings. The van der Waals surface area contributed by atoms with Gasteiger partial charge >= 0.3 is 5.97 Å². The van der Waals surface area contributed by atoms with Gasteiger partial charge in [0.25, 0.3) is 0 Å². The van der Waals surface area contributed by atoms with Crippen molar-refractivity contribution < 1.29 is 9.90 Å². The summed E-state index contributed by atoms with van der Waals surface area (Å²) in [4.78, 5) is 11.4. The Morgan fingerprint density at radius 2 is 2.37 bits per heavy atom. The summed E-state index contributed by atoms with van der Waals surface area (Å²) in [5.74, 6) is -0.268. The van der Waals surface area contributed by atoms with Crippen LogP contribution in [0.2, 0.25) is 0 Å². The molecule has 1 heterocycles. The van der Waals surface area contributed by atoms with Crippen LogP contribution in [-0.4, -0.2) is 31.1 Å². The molecule has 1 aromatic rings. The SMILES string of the molecule is CCCC1CCC(C(=O)O)C(Sc2nncn2C)C1. The normalized spacial score (nSPS) is 27.4. The molecule has 0 aliphatic heterocycles. The molecule has 0 bridgehead atoms. The molecule has 1 fully saturated rings. The van der Waals surface area contributed by atoms with Gasteiger partial charge in [-0.15, -0.1) is 10.2 Å². The molecule has 0 amide bonds. The van der Waals surface area contributed by atoms with Gasteiger partial charge in [0.05, 0.1) is 5.92 Å². The van der Waals surface area contributed by atoms with E-state index in [1.54, 1.807) is 18.1 Å². The van der Waals surface area contributed by atoms with E-state index in [0.717, 1.165) is 24.4 Å². The second kappa shape index (κ2) is 6.41. The summed E-state index contributed by atoms with van der Waals surface area (Å²) in [7, 11) is 1.89. The van der Waals surface area contributed by atoms with Crippen LogP contribution in [0.1, 0.15) is 39.0 Å². The summed E-state index contributed by atoms with van der Waals surface area (Å²) in [6.45, 7) is 2.19. The van der Waals surface area contributed by atoms with Crippen molar-refractivity contribution in [3.05, 3.63) is 6.33 Å². The van der Waals surface area contributed by atoms with Crippen LogP contribution in [0.3, 0.4) is 0 Å². The number of carboxylic acid groups (broad SMARTS) is 1. The summed E-state index contributed by atoms with van der Waals surface area (Å²) in [5, 5.41) is 18.2. The number of aromatic nitrogens is 3. The van der Waals surface area contributed by atoms with E-state index in [-0.39, 0.29) is 11.2 Å². The highest BCUT2D eigenvalue weighted by Gasteiger charge is 2.36. The Hall–Kier alpha value is -1.04. The van der Waals surface area contributed by atoms with Gasteiger partial charge in [0.15, 0.2) is 5.16 Å². The number of aryl methyl sites for hydroxylation is 1. The lowest BCUT2D eigenvalue weighted by Gasteiger charge is -2.33. The van der Waals surface area contributed by atoms with E-state index in [1.807, 2.05) is 11.6 Å². The van der Waals surface area contributed by atoms with Crippen LogP contribution in [-0.2, 0) is 11.8 Å². The van der Waals surface area contributed by atoms with Gasteiger partial charge in [0.1, 0.15) is 6.33 Å². The molecule has 0 radical (unpaired) electrons. The maximum absolute atomic E-state index is 11.4. The molecule has 0 saturated heterocycles.